The number of hydrogen-bond donors (Lipinski definition) is 1. The molecule has 0 fully saturated rings. The van der Waals surface area contributed by atoms with E-state index in [4.69, 9.17) is 5.11 Å². The molecular weight excluding hydrogens is 345 g/mol. The van der Waals surface area contributed by atoms with Crippen molar-refractivity contribution >= 4 is 33.7 Å². The number of aliphatic carboxylic acids is 1. The van der Waals surface area contributed by atoms with Crippen LogP contribution in [-0.2, 0) is 11.0 Å². The lowest BCUT2D eigenvalue weighted by atomic mass is 10.1. The normalized spacial score (nSPS) is 13.6. The second-order valence-electron chi connectivity index (χ2n) is 4.26. The molecule has 0 radical (unpaired) electrons. The smallest absolute Gasteiger partial charge is 0.416 e. The number of hydrogen-bond acceptors (Lipinski definition) is 2. The summed E-state index contributed by atoms with van der Waals surface area (Å²) in [6.07, 6.45) is -4.41. The Labute approximate surface area is 121 Å². The molecular formula is C12H12BrF3O2S. The predicted molar refractivity (Wildman–Crippen MR) is 71.3 cm³/mol. The summed E-state index contributed by atoms with van der Waals surface area (Å²) in [4.78, 5) is 11.5. The number of carboxylic acid groups (broad SMARTS) is 1. The number of benzene rings is 1. The molecule has 0 bridgehead atoms. The fourth-order valence-electron chi connectivity index (χ4n) is 1.38. The number of alkyl halides is 3. The molecule has 1 aromatic rings. The Kier molecular flexibility index (Phi) is 5.32. The van der Waals surface area contributed by atoms with Crippen molar-refractivity contribution in [2.75, 3.05) is 0 Å². The number of halogens is 4. The van der Waals surface area contributed by atoms with Gasteiger partial charge in [-0.25, -0.2) is 0 Å². The molecule has 0 amide bonds. The number of thioether (sulfide) groups is 1. The lowest BCUT2D eigenvalue weighted by Crippen LogP contribution is -2.22. The van der Waals surface area contributed by atoms with Crippen LogP contribution < -0.4 is 0 Å². The van der Waals surface area contributed by atoms with E-state index in [9.17, 15) is 18.0 Å². The first-order valence-electron chi connectivity index (χ1n) is 5.39. The van der Waals surface area contributed by atoms with Crippen LogP contribution in [0.15, 0.2) is 27.6 Å². The zero-order valence-electron chi connectivity index (χ0n) is 10.2. The average molecular weight is 357 g/mol. The van der Waals surface area contributed by atoms with Gasteiger partial charge in [0.25, 0.3) is 0 Å². The monoisotopic (exact) mass is 356 g/mol. The van der Waals surface area contributed by atoms with Gasteiger partial charge in [0, 0.05) is 9.37 Å². The van der Waals surface area contributed by atoms with E-state index >= 15 is 0 Å². The Balaban J connectivity index is 3.00. The van der Waals surface area contributed by atoms with Gasteiger partial charge in [0.2, 0.25) is 0 Å². The summed E-state index contributed by atoms with van der Waals surface area (Å²) in [6.45, 7) is 3.51. The van der Waals surface area contributed by atoms with E-state index < -0.39 is 23.0 Å². The molecule has 0 saturated carbocycles. The highest BCUT2D eigenvalue weighted by Crippen LogP contribution is 2.38. The summed E-state index contributed by atoms with van der Waals surface area (Å²) in [7, 11) is 0. The van der Waals surface area contributed by atoms with Crippen LogP contribution in [0.4, 0.5) is 13.2 Å². The maximum atomic E-state index is 12.5. The van der Waals surface area contributed by atoms with E-state index in [0.717, 1.165) is 23.9 Å². The molecule has 1 aromatic carbocycles. The van der Waals surface area contributed by atoms with Crippen LogP contribution in [0.3, 0.4) is 0 Å². The van der Waals surface area contributed by atoms with Gasteiger partial charge in [-0.1, -0.05) is 13.8 Å². The minimum absolute atomic E-state index is 0.128. The minimum Gasteiger partial charge on any atom is -0.480 e. The molecule has 1 unspecified atom stereocenters. The van der Waals surface area contributed by atoms with E-state index in [0.29, 0.717) is 4.90 Å². The van der Waals surface area contributed by atoms with Crippen molar-refractivity contribution in [1.82, 2.24) is 0 Å². The van der Waals surface area contributed by atoms with Crippen molar-refractivity contribution in [1.29, 1.82) is 0 Å². The maximum absolute atomic E-state index is 12.5. The largest absolute Gasteiger partial charge is 0.480 e. The fraction of sp³-hybridized carbons (Fsp3) is 0.417. The first-order chi connectivity index (χ1) is 8.62. The molecule has 106 valence electrons. The van der Waals surface area contributed by atoms with E-state index in [1.54, 1.807) is 13.8 Å². The molecule has 2 nitrogen and oxygen atoms in total. The van der Waals surface area contributed by atoms with Gasteiger partial charge in [-0.05, 0) is 40.0 Å². The van der Waals surface area contributed by atoms with Crippen molar-refractivity contribution in [3.05, 3.63) is 28.2 Å². The molecule has 7 heteroatoms. The quantitative estimate of drug-likeness (QED) is 0.796. The highest BCUT2D eigenvalue weighted by Gasteiger charge is 2.31. The zero-order chi connectivity index (χ0) is 14.8. The van der Waals surface area contributed by atoms with Crippen molar-refractivity contribution in [3.63, 3.8) is 0 Å². The minimum atomic E-state index is -4.41. The lowest BCUT2D eigenvalue weighted by Gasteiger charge is -2.17. The second kappa shape index (κ2) is 6.17. The van der Waals surface area contributed by atoms with E-state index in [-0.39, 0.29) is 10.4 Å². The predicted octanol–water partition coefficient (Wildman–Crippen LogP) is 4.67. The summed E-state index contributed by atoms with van der Waals surface area (Å²) >= 11 is 4.09. The highest BCUT2D eigenvalue weighted by atomic mass is 79.9. The van der Waals surface area contributed by atoms with Crippen molar-refractivity contribution in [2.45, 2.75) is 30.2 Å². The number of rotatable bonds is 4. The molecule has 1 N–H and O–H groups in total. The van der Waals surface area contributed by atoms with Gasteiger partial charge in [-0.2, -0.15) is 13.2 Å². The Bertz CT molecular complexity index is 475. The van der Waals surface area contributed by atoms with E-state index in [1.807, 2.05) is 0 Å². The molecule has 0 aliphatic rings. The molecule has 0 aromatic heterocycles. The second-order valence-corrected chi connectivity index (χ2v) is 6.30. The molecule has 0 heterocycles. The third-order valence-corrected chi connectivity index (χ3v) is 4.89. The summed E-state index contributed by atoms with van der Waals surface area (Å²) in [5, 5.41) is 8.36. The third kappa shape index (κ3) is 4.42. The Morgan fingerprint density at radius 2 is 1.95 bits per heavy atom. The van der Waals surface area contributed by atoms with Crippen LogP contribution in [0.2, 0.25) is 0 Å². The van der Waals surface area contributed by atoms with Crippen molar-refractivity contribution < 1.29 is 23.1 Å². The Hall–Kier alpha value is -0.690. The zero-order valence-corrected chi connectivity index (χ0v) is 12.6. The molecule has 0 aliphatic heterocycles. The molecule has 1 atom stereocenters. The van der Waals surface area contributed by atoms with Gasteiger partial charge >= 0.3 is 12.1 Å². The van der Waals surface area contributed by atoms with Crippen LogP contribution in [0.5, 0.6) is 0 Å². The topological polar surface area (TPSA) is 37.3 Å². The van der Waals surface area contributed by atoms with Gasteiger partial charge < -0.3 is 5.11 Å². The van der Waals surface area contributed by atoms with Crippen LogP contribution in [0.1, 0.15) is 19.4 Å². The average Bonchev–Trinajstić information content (AvgIpc) is 2.24. The first-order valence-corrected chi connectivity index (χ1v) is 7.06. The third-order valence-electron chi connectivity index (χ3n) is 2.36. The van der Waals surface area contributed by atoms with E-state index in [2.05, 4.69) is 15.9 Å². The molecule has 1 rings (SSSR count). The fourth-order valence-corrected chi connectivity index (χ4v) is 3.01. The van der Waals surface area contributed by atoms with Crippen LogP contribution in [0.25, 0.3) is 0 Å². The summed E-state index contributed by atoms with van der Waals surface area (Å²) in [5.41, 5.74) is -0.764. The number of carbonyl (C=O) groups is 1. The molecule has 0 spiro atoms. The Morgan fingerprint density at radius 1 is 1.37 bits per heavy atom. The summed E-state index contributed by atoms with van der Waals surface area (Å²) in [5.74, 6) is -1.11. The van der Waals surface area contributed by atoms with Crippen molar-refractivity contribution in [3.8, 4) is 0 Å². The van der Waals surface area contributed by atoms with Crippen LogP contribution in [-0.4, -0.2) is 16.3 Å². The molecule has 0 aliphatic carbocycles. The highest BCUT2D eigenvalue weighted by molar-refractivity contribution is 9.10. The van der Waals surface area contributed by atoms with Gasteiger partial charge in [0.15, 0.2) is 0 Å². The first kappa shape index (κ1) is 16.4. The standard InChI is InChI=1S/C12H12BrF3O2S/c1-6(2)10(11(17)18)19-9-4-3-7(5-8(9)13)12(14,15)16/h3-6,10H,1-2H3,(H,17,18). The number of carboxylic acids is 1. The van der Waals surface area contributed by atoms with Gasteiger partial charge in [-0.15, -0.1) is 11.8 Å². The summed E-state index contributed by atoms with van der Waals surface area (Å²) in [6, 6.07) is 3.20. The van der Waals surface area contributed by atoms with Gasteiger partial charge in [0.05, 0.1) is 5.56 Å². The van der Waals surface area contributed by atoms with Crippen LogP contribution in [0, 0.1) is 5.92 Å². The SMILES string of the molecule is CC(C)C(Sc1ccc(C(F)(F)F)cc1Br)C(=O)O. The van der Waals surface area contributed by atoms with E-state index in [1.165, 1.54) is 6.07 Å². The lowest BCUT2D eigenvalue weighted by molar-refractivity contribution is -0.138. The van der Waals surface area contributed by atoms with Crippen molar-refractivity contribution in [2.24, 2.45) is 5.92 Å². The molecule has 0 saturated heterocycles. The van der Waals surface area contributed by atoms with Gasteiger partial charge in [0.1, 0.15) is 5.25 Å². The summed E-state index contributed by atoms with van der Waals surface area (Å²) < 4.78 is 37.7. The maximum Gasteiger partial charge on any atom is 0.416 e. The van der Waals surface area contributed by atoms with Gasteiger partial charge in [-0.3, -0.25) is 4.79 Å². The van der Waals surface area contributed by atoms with Crippen LogP contribution >= 0.6 is 27.7 Å². The Morgan fingerprint density at radius 3 is 2.32 bits per heavy atom. The molecule has 19 heavy (non-hydrogen) atoms.